The smallest absolute Gasteiger partial charge is 0.132 e. The lowest BCUT2D eigenvalue weighted by Gasteiger charge is -2.26. The van der Waals surface area contributed by atoms with Crippen molar-refractivity contribution in [3.05, 3.63) is 47.9 Å². The van der Waals surface area contributed by atoms with Crippen molar-refractivity contribution in [1.82, 2.24) is 0 Å². The summed E-state index contributed by atoms with van der Waals surface area (Å²) in [5, 5.41) is 11.4. The van der Waals surface area contributed by atoms with E-state index in [1.165, 1.54) is 11.9 Å². The quantitative estimate of drug-likeness (QED) is 0.592. The first kappa shape index (κ1) is 9.21. The number of nitrogens with zero attached hydrogens (tertiary/aromatic N) is 1. The fourth-order valence-electron chi connectivity index (χ4n) is 1.40. The minimum Gasteiger partial charge on any atom is -0.507 e. The fourth-order valence-corrected chi connectivity index (χ4v) is 2.22. The van der Waals surface area contributed by atoms with Crippen LogP contribution in [0.3, 0.4) is 0 Å². The molecule has 1 aromatic rings. The van der Waals surface area contributed by atoms with Crippen LogP contribution in [0.1, 0.15) is 5.56 Å². The average molecular weight is 205 g/mol. The number of para-hydroxylation sites is 1. The van der Waals surface area contributed by atoms with E-state index in [9.17, 15) is 5.11 Å². The highest BCUT2D eigenvalue weighted by atomic mass is 32.2. The second kappa shape index (κ2) is 3.80. The van der Waals surface area contributed by atoms with E-state index in [0.29, 0.717) is 5.76 Å². The van der Waals surface area contributed by atoms with Gasteiger partial charge in [0.05, 0.1) is 5.69 Å². The van der Waals surface area contributed by atoms with Gasteiger partial charge in [0.25, 0.3) is 0 Å². The van der Waals surface area contributed by atoms with Gasteiger partial charge in [0.15, 0.2) is 0 Å². The first-order valence-corrected chi connectivity index (χ1v) is 5.20. The van der Waals surface area contributed by atoms with Gasteiger partial charge in [0.2, 0.25) is 0 Å². The molecule has 0 unspecified atom stereocenters. The van der Waals surface area contributed by atoms with Gasteiger partial charge in [-0.2, -0.15) is 0 Å². The van der Waals surface area contributed by atoms with E-state index in [2.05, 4.69) is 10.9 Å². The van der Waals surface area contributed by atoms with Crippen LogP contribution in [0.2, 0.25) is 0 Å². The molecule has 1 aliphatic rings. The number of hydrogen-bond acceptors (Lipinski definition) is 3. The van der Waals surface area contributed by atoms with Crippen LogP contribution in [0.5, 0.6) is 0 Å². The van der Waals surface area contributed by atoms with Crippen molar-refractivity contribution >= 4 is 23.4 Å². The molecule has 3 heteroatoms. The average Bonchev–Trinajstić information content (AvgIpc) is 2.23. The number of aliphatic hydroxyl groups excluding tert-OH is 1. The van der Waals surface area contributed by atoms with Gasteiger partial charge in [-0.15, -0.1) is 6.58 Å². The minimum atomic E-state index is 0.339. The van der Waals surface area contributed by atoms with Crippen LogP contribution < -0.4 is 4.31 Å². The first-order chi connectivity index (χ1) is 6.83. The Labute approximate surface area is 87.7 Å². The van der Waals surface area contributed by atoms with E-state index in [1.54, 1.807) is 5.41 Å². The summed E-state index contributed by atoms with van der Waals surface area (Å²) >= 11 is 1.49. The fraction of sp³-hybridized carbons (Fsp3) is 0.0909. The Balaban J connectivity index is 2.43. The highest BCUT2D eigenvalue weighted by Gasteiger charge is 2.17. The standard InChI is InChI=1S/C11H11NOS/c1-2-7-12-10-6-4-3-5-9(10)11(13)8-14-12/h2-6,8,13H,1,7H2. The zero-order chi connectivity index (χ0) is 9.97. The number of benzene rings is 1. The van der Waals surface area contributed by atoms with E-state index in [1.807, 2.05) is 30.3 Å². The van der Waals surface area contributed by atoms with Gasteiger partial charge in [-0.05, 0) is 24.1 Å². The third kappa shape index (κ3) is 1.51. The Hall–Kier alpha value is -1.35. The Kier molecular flexibility index (Phi) is 2.50. The SMILES string of the molecule is C=CCN1SC=C(O)c2ccccc21. The van der Waals surface area contributed by atoms with Gasteiger partial charge >= 0.3 is 0 Å². The zero-order valence-electron chi connectivity index (χ0n) is 7.68. The second-order valence-electron chi connectivity index (χ2n) is 2.98. The third-order valence-corrected chi connectivity index (χ3v) is 2.96. The Bertz CT molecular complexity index is 387. The van der Waals surface area contributed by atoms with E-state index < -0.39 is 0 Å². The number of anilines is 1. The summed E-state index contributed by atoms with van der Waals surface area (Å²) in [5.41, 5.74) is 1.92. The molecule has 0 saturated carbocycles. The summed E-state index contributed by atoms with van der Waals surface area (Å²) in [6.45, 7) is 4.48. The van der Waals surface area contributed by atoms with Crippen LogP contribution in [0, 0.1) is 0 Å². The Morgan fingerprint density at radius 2 is 2.21 bits per heavy atom. The van der Waals surface area contributed by atoms with Crippen molar-refractivity contribution in [3.8, 4) is 0 Å². The molecule has 1 aromatic carbocycles. The number of hydrogen-bond donors (Lipinski definition) is 1. The number of rotatable bonds is 2. The van der Waals surface area contributed by atoms with Crippen LogP contribution in [0.25, 0.3) is 5.76 Å². The third-order valence-electron chi connectivity index (χ3n) is 2.04. The van der Waals surface area contributed by atoms with Crippen molar-refractivity contribution in [2.24, 2.45) is 0 Å². The van der Waals surface area contributed by atoms with Gasteiger partial charge in [0.1, 0.15) is 5.76 Å². The molecule has 72 valence electrons. The monoisotopic (exact) mass is 205 g/mol. The summed E-state index contributed by atoms with van der Waals surface area (Å²) in [6.07, 6.45) is 1.85. The molecule has 14 heavy (non-hydrogen) atoms. The summed E-state index contributed by atoms with van der Waals surface area (Å²) in [4.78, 5) is 0. The largest absolute Gasteiger partial charge is 0.507 e. The molecule has 2 nitrogen and oxygen atoms in total. The van der Waals surface area contributed by atoms with Crippen LogP contribution in [-0.4, -0.2) is 11.7 Å². The highest BCUT2D eigenvalue weighted by Crippen LogP contribution is 2.36. The molecule has 0 amide bonds. The molecule has 1 N–H and O–H groups in total. The van der Waals surface area contributed by atoms with Gasteiger partial charge in [-0.3, -0.25) is 0 Å². The molecule has 0 fully saturated rings. The topological polar surface area (TPSA) is 23.5 Å². The van der Waals surface area contributed by atoms with E-state index in [-0.39, 0.29) is 0 Å². The summed E-state index contributed by atoms with van der Waals surface area (Å²) < 4.78 is 2.09. The molecule has 0 radical (unpaired) electrons. The van der Waals surface area contributed by atoms with Gasteiger partial charge in [-0.25, -0.2) is 0 Å². The van der Waals surface area contributed by atoms with Crippen LogP contribution in [0.4, 0.5) is 5.69 Å². The zero-order valence-corrected chi connectivity index (χ0v) is 8.50. The normalized spacial score (nSPS) is 14.6. The van der Waals surface area contributed by atoms with Crippen molar-refractivity contribution in [3.63, 3.8) is 0 Å². The molecule has 0 saturated heterocycles. The predicted molar refractivity (Wildman–Crippen MR) is 62.2 cm³/mol. The van der Waals surface area contributed by atoms with E-state index in [4.69, 9.17) is 0 Å². The van der Waals surface area contributed by atoms with Crippen molar-refractivity contribution in [1.29, 1.82) is 0 Å². The van der Waals surface area contributed by atoms with Crippen molar-refractivity contribution in [2.45, 2.75) is 0 Å². The van der Waals surface area contributed by atoms with Gasteiger partial charge in [0, 0.05) is 17.5 Å². The maximum Gasteiger partial charge on any atom is 0.132 e. The summed E-state index contributed by atoms with van der Waals surface area (Å²) in [5.74, 6) is 0.339. The van der Waals surface area contributed by atoms with Crippen molar-refractivity contribution < 1.29 is 5.11 Å². The maximum absolute atomic E-state index is 9.64. The molecular weight excluding hydrogens is 194 g/mol. The molecule has 1 aliphatic heterocycles. The molecule has 0 aromatic heterocycles. The maximum atomic E-state index is 9.64. The van der Waals surface area contributed by atoms with E-state index in [0.717, 1.165) is 17.8 Å². The number of aliphatic hydroxyl groups is 1. The predicted octanol–water partition coefficient (Wildman–Crippen LogP) is 3.20. The Morgan fingerprint density at radius 3 is 3.00 bits per heavy atom. The first-order valence-electron chi connectivity index (χ1n) is 4.36. The van der Waals surface area contributed by atoms with E-state index >= 15 is 0 Å². The summed E-state index contributed by atoms with van der Waals surface area (Å²) in [6, 6.07) is 7.80. The molecule has 1 heterocycles. The second-order valence-corrected chi connectivity index (χ2v) is 3.86. The molecule has 0 bridgehead atoms. The van der Waals surface area contributed by atoms with Crippen LogP contribution in [-0.2, 0) is 0 Å². The van der Waals surface area contributed by atoms with Crippen LogP contribution >= 0.6 is 11.9 Å². The summed E-state index contributed by atoms with van der Waals surface area (Å²) in [7, 11) is 0. The molecule has 2 rings (SSSR count). The van der Waals surface area contributed by atoms with Gasteiger partial charge in [-0.1, -0.05) is 18.2 Å². The lowest BCUT2D eigenvalue weighted by molar-refractivity contribution is 0.513. The van der Waals surface area contributed by atoms with Crippen LogP contribution in [0.15, 0.2) is 42.3 Å². The lowest BCUT2D eigenvalue weighted by Crippen LogP contribution is -2.17. The molecule has 0 spiro atoms. The molecular formula is C11H11NOS. The Morgan fingerprint density at radius 1 is 1.43 bits per heavy atom. The minimum absolute atomic E-state index is 0.339. The molecule has 0 atom stereocenters. The lowest BCUT2D eigenvalue weighted by atomic mass is 10.1. The van der Waals surface area contributed by atoms with Gasteiger partial charge < -0.3 is 9.41 Å². The highest BCUT2D eigenvalue weighted by molar-refractivity contribution is 8.03. The molecule has 0 aliphatic carbocycles. The number of fused-ring (bicyclic) bond motifs is 1. The van der Waals surface area contributed by atoms with Crippen molar-refractivity contribution in [2.75, 3.05) is 10.8 Å².